The molecule has 0 saturated heterocycles. The Morgan fingerprint density at radius 2 is 1.72 bits per heavy atom. The van der Waals surface area contributed by atoms with Crippen molar-refractivity contribution in [3.8, 4) is 11.5 Å². The van der Waals surface area contributed by atoms with Crippen molar-refractivity contribution in [1.82, 2.24) is 0 Å². The van der Waals surface area contributed by atoms with Crippen LogP contribution in [-0.2, 0) is 0 Å². The van der Waals surface area contributed by atoms with Crippen LogP contribution in [0, 0.1) is 5.41 Å². The Balaban J connectivity index is 1.84. The van der Waals surface area contributed by atoms with Crippen LogP contribution in [0.15, 0.2) is 72.0 Å². The predicted octanol–water partition coefficient (Wildman–Crippen LogP) is 6.82. The molecule has 0 fully saturated rings. The average Bonchev–Trinajstić information content (AvgIpc) is 2.71. The van der Waals surface area contributed by atoms with Crippen LogP contribution in [0.1, 0.15) is 43.7 Å². The summed E-state index contributed by atoms with van der Waals surface area (Å²) in [6.45, 7) is 4.53. The highest BCUT2D eigenvalue weighted by atomic mass is 32.1. The zero-order chi connectivity index (χ0) is 20.2. The van der Waals surface area contributed by atoms with E-state index in [1.54, 1.807) is 7.11 Å². The monoisotopic (exact) mass is 400 g/mol. The number of methoxy groups -OCH3 is 1. The van der Waals surface area contributed by atoms with Crippen LogP contribution in [0.25, 0.3) is 10.8 Å². The third-order valence-electron chi connectivity index (χ3n) is 6.07. The summed E-state index contributed by atoms with van der Waals surface area (Å²) >= 11 is 5.98. The summed E-state index contributed by atoms with van der Waals surface area (Å²) in [7, 11) is 1.74. The van der Waals surface area contributed by atoms with Gasteiger partial charge in [0, 0.05) is 33.9 Å². The average molecular weight is 401 g/mol. The maximum atomic E-state index is 6.53. The van der Waals surface area contributed by atoms with E-state index in [0.717, 1.165) is 46.1 Å². The van der Waals surface area contributed by atoms with Crippen LogP contribution in [0.2, 0.25) is 0 Å². The maximum Gasteiger partial charge on any atom is 0.131 e. The van der Waals surface area contributed by atoms with Crippen molar-refractivity contribution in [1.29, 1.82) is 0 Å². The van der Waals surface area contributed by atoms with E-state index in [-0.39, 0.29) is 11.3 Å². The number of fused-ring (bicyclic) bond motifs is 3. The van der Waals surface area contributed by atoms with E-state index in [2.05, 4.69) is 62.4 Å². The Morgan fingerprint density at radius 1 is 0.966 bits per heavy atom. The molecule has 2 nitrogen and oxygen atoms in total. The van der Waals surface area contributed by atoms with Crippen molar-refractivity contribution in [2.45, 2.75) is 32.6 Å². The summed E-state index contributed by atoms with van der Waals surface area (Å²) in [6, 6.07) is 21.0. The molecule has 1 atom stereocenters. The number of thiocarbonyl (C=S) groups is 1. The molecule has 1 heterocycles. The number of hydrogen-bond acceptors (Lipinski definition) is 3. The van der Waals surface area contributed by atoms with Gasteiger partial charge in [-0.15, -0.1) is 0 Å². The number of rotatable bonds is 2. The molecule has 2 aliphatic rings. The lowest BCUT2D eigenvalue weighted by Gasteiger charge is -2.40. The van der Waals surface area contributed by atoms with Crippen molar-refractivity contribution < 1.29 is 9.47 Å². The van der Waals surface area contributed by atoms with Gasteiger partial charge in [-0.3, -0.25) is 0 Å². The van der Waals surface area contributed by atoms with Crippen molar-refractivity contribution in [2.75, 3.05) is 7.11 Å². The molecule has 0 aromatic heterocycles. The number of ether oxygens (including phenoxy) is 2. The summed E-state index contributed by atoms with van der Waals surface area (Å²) in [6.07, 6.45) is 1.79. The lowest BCUT2D eigenvalue weighted by molar-refractivity contribution is 0.280. The summed E-state index contributed by atoms with van der Waals surface area (Å²) in [5.74, 6) is 2.85. The van der Waals surface area contributed by atoms with E-state index in [9.17, 15) is 0 Å². The largest absolute Gasteiger partial charge is 0.496 e. The minimum Gasteiger partial charge on any atom is -0.496 e. The second-order valence-electron chi connectivity index (χ2n) is 8.75. The molecule has 5 rings (SSSR count). The third kappa shape index (κ3) is 2.96. The molecule has 0 amide bonds. The lowest BCUT2D eigenvalue weighted by atomic mass is 9.70. The maximum absolute atomic E-state index is 6.53. The van der Waals surface area contributed by atoms with Crippen molar-refractivity contribution in [3.63, 3.8) is 0 Å². The molecule has 1 unspecified atom stereocenters. The highest BCUT2D eigenvalue weighted by Crippen LogP contribution is 2.53. The molecule has 0 N–H and O–H groups in total. The Labute approximate surface area is 177 Å². The Morgan fingerprint density at radius 3 is 2.55 bits per heavy atom. The van der Waals surface area contributed by atoms with Crippen LogP contribution in [0.4, 0.5) is 0 Å². The van der Waals surface area contributed by atoms with Gasteiger partial charge < -0.3 is 9.47 Å². The highest BCUT2D eigenvalue weighted by molar-refractivity contribution is 7.80. The quantitative estimate of drug-likeness (QED) is 0.440. The second kappa shape index (κ2) is 6.70. The van der Waals surface area contributed by atoms with Crippen LogP contribution < -0.4 is 9.47 Å². The SMILES string of the molecule is COc1ccccc1C1C2=C(CC(C)(C)CC2=S)Oc2ccc3ccccc3c21. The molecule has 1 aliphatic carbocycles. The molecule has 1 aliphatic heterocycles. The van der Waals surface area contributed by atoms with Crippen LogP contribution in [-0.4, -0.2) is 12.0 Å². The Hall–Kier alpha value is -2.65. The molecule has 3 aromatic rings. The van der Waals surface area contributed by atoms with Crippen LogP contribution >= 0.6 is 12.2 Å². The zero-order valence-electron chi connectivity index (χ0n) is 17.0. The molecule has 0 bridgehead atoms. The van der Waals surface area contributed by atoms with Gasteiger partial charge in [0.15, 0.2) is 0 Å². The first-order valence-electron chi connectivity index (χ1n) is 10.1. The summed E-state index contributed by atoms with van der Waals surface area (Å²) in [4.78, 5) is 1.01. The highest BCUT2D eigenvalue weighted by Gasteiger charge is 2.41. The van der Waals surface area contributed by atoms with Crippen molar-refractivity contribution >= 4 is 27.9 Å². The van der Waals surface area contributed by atoms with E-state index in [4.69, 9.17) is 21.7 Å². The van der Waals surface area contributed by atoms with Gasteiger partial charge in [0.2, 0.25) is 0 Å². The summed E-state index contributed by atoms with van der Waals surface area (Å²) in [5, 5.41) is 2.42. The van der Waals surface area contributed by atoms with E-state index >= 15 is 0 Å². The van der Waals surface area contributed by atoms with Gasteiger partial charge in [0.1, 0.15) is 17.3 Å². The first-order chi connectivity index (χ1) is 14.0. The first-order valence-corrected chi connectivity index (χ1v) is 10.5. The number of allylic oxidation sites excluding steroid dienone is 2. The molecule has 146 valence electrons. The number of hydrogen-bond donors (Lipinski definition) is 0. The van der Waals surface area contributed by atoms with Crippen molar-refractivity contribution in [3.05, 3.63) is 83.1 Å². The number of benzene rings is 3. The Kier molecular flexibility index (Phi) is 4.25. The minimum atomic E-state index is 0.0135. The van der Waals surface area contributed by atoms with Crippen LogP contribution in [0.5, 0.6) is 11.5 Å². The molecule has 0 radical (unpaired) electrons. The predicted molar refractivity (Wildman–Crippen MR) is 122 cm³/mol. The fourth-order valence-corrected chi connectivity index (χ4v) is 5.47. The molecule has 29 heavy (non-hydrogen) atoms. The second-order valence-corrected chi connectivity index (χ2v) is 9.25. The van der Waals surface area contributed by atoms with Gasteiger partial charge in [-0.1, -0.05) is 74.6 Å². The minimum absolute atomic E-state index is 0.0135. The van der Waals surface area contributed by atoms with E-state index in [0.29, 0.717) is 0 Å². The molecular formula is C26H24O2S. The molecule has 3 aromatic carbocycles. The topological polar surface area (TPSA) is 18.5 Å². The third-order valence-corrected chi connectivity index (χ3v) is 6.43. The van der Waals surface area contributed by atoms with Gasteiger partial charge in [-0.25, -0.2) is 0 Å². The molecule has 0 spiro atoms. The van der Waals surface area contributed by atoms with Gasteiger partial charge in [0.25, 0.3) is 0 Å². The van der Waals surface area contributed by atoms with Crippen molar-refractivity contribution in [2.24, 2.45) is 5.41 Å². The molecule has 3 heteroatoms. The summed E-state index contributed by atoms with van der Waals surface area (Å²) in [5.41, 5.74) is 3.60. The fraction of sp³-hybridized carbons (Fsp3) is 0.269. The lowest BCUT2D eigenvalue weighted by Crippen LogP contribution is -2.32. The van der Waals surface area contributed by atoms with E-state index in [1.807, 2.05) is 12.1 Å². The Bertz CT molecular complexity index is 1170. The fourth-order valence-electron chi connectivity index (χ4n) is 4.85. The standard InChI is InChI=1S/C26H24O2S/c1-26(2)14-21-25(22(29)15-26)24(18-10-6-7-11-19(18)27-3)23-17-9-5-4-8-16(17)12-13-20(23)28-21/h4-13,24H,14-15H2,1-3H3. The van der Waals surface area contributed by atoms with Gasteiger partial charge >= 0.3 is 0 Å². The van der Waals surface area contributed by atoms with E-state index in [1.165, 1.54) is 16.3 Å². The normalized spacial score (nSPS) is 20.1. The molecule has 0 saturated carbocycles. The smallest absolute Gasteiger partial charge is 0.131 e. The van der Waals surface area contributed by atoms with Gasteiger partial charge in [-0.05, 0) is 34.7 Å². The summed E-state index contributed by atoms with van der Waals surface area (Å²) < 4.78 is 12.3. The van der Waals surface area contributed by atoms with Gasteiger partial charge in [-0.2, -0.15) is 0 Å². The molecular weight excluding hydrogens is 376 g/mol. The zero-order valence-corrected chi connectivity index (χ0v) is 17.8. The van der Waals surface area contributed by atoms with Gasteiger partial charge in [0.05, 0.1) is 7.11 Å². The van der Waals surface area contributed by atoms with Crippen LogP contribution in [0.3, 0.4) is 0 Å². The number of para-hydroxylation sites is 1. The first kappa shape index (κ1) is 18.4. The van der Waals surface area contributed by atoms with E-state index < -0.39 is 0 Å².